The first kappa shape index (κ1) is 13.0. The summed E-state index contributed by atoms with van der Waals surface area (Å²) in [5.41, 5.74) is 11.2. The van der Waals surface area contributed by atoms with Crippen LogP contribution in [0.5, 0.6) is 0 Å². The molecule has 0 heterocycles. The van der Waals surface area contributed by atoms with Crippen molar-refractivity contribution in [2.75, 3.05) is 11.4 Å². The largest absolute Gasteiger partial charge is 0.370 e. The maximum absolute atomic E-state index is 13.7. The number of aliphatic imine (C=N–C) groups is 1. The molecule has 2 amide bonds. The van der Waals surface area contributed by atoms with Gasteiger partial charge in [-0.1, -0.05) is 6.07 Å². The van der Waals surface area contributed by atoms with Gasteiger partial charge >= 0.3 is 6.03 Å². The molecule has 6 heteroatoms. The number of hydrogen-bond donors (Lipinski definition) is 2. The highest BCUT2D eigenvalue weighted by Gasteiger charge is 2.16. The molecule has 0 radical (unpaired) electrons. The van der Waals surface area contributed by atoms with E-state index < -0.39 is 11.8 Å². The number of nitrogens with two attached hydrogens (primary N) is 2. The molecule has 0 aliphatic rings. The number of nitrogens with zero attached hydrogens (tertiary/aromatic N) is 2. The van der Waals surface area contributed by atoms with Crippen LogP contribution in [0.2, 0.25) is 0 Å². The number of benzene rings is 1. The standard InChI is InChI=1S/C11H15FN4O/c1-3-16(11(17)15-10(13)14)9-5-4-7(2)6-8(9)12/h4-6H,3H2,1-2H3,(H4,13,14,15,17). The molecule has 0 atom stereocenters. The molecule has 0 aliphatic carbocycles. The predicted octanol–water partition coefficient (Wildman–Crippen LogP) is 1.35. The van der Waals surface area contributed by atoms with Crippen molar-refractivity contribution in [1.82, 2.24) is 0 Å². The molecule has 0 fully saturated rings. The third-order valence-electron chi connectivity index (χ3n) is 2.17. The fourth-order valence-corrected chi connectivity index (χ4v) is 1.41. The molecular formula is C11H15FN4O. The molecule has 0 saturated carbocycles. The zero-order valence-corrected chi connectivity index (χ0v) is 9.77. The van der Waals surface area contributed by atoms with Gasteiger partial charge in [-0.15, -0.1) is 0 Å². The lowest BCUT2D eigenvalue weighted by molar-refractivity contribution is 0.254. The third-order valence-corrected chi connectivity index (χ3v) is 2.17. The van der Waals surface area contributed by atoms with Gasteiger partial charge in [0.1, 0.15) is 5.82 Å². The zero-order valence-electron chi connectivity index (χ0n) is 9.77. The minimum absolute atomic E-state index is 0.160. The number of amides is 2. The Morgan fingerprint density at radius 3 is 2.59 bits per heavy atom. The number of carbonyl (C=O) groups excluding carboxylic acids is 1. The summed E-state index contributed by atoms with van der Waals surface area (Å²) in [5, 5.41) is 0. The van der Waals surface area contributed by atoms with Crippen molar-refractivity contribution in [3.63, 3.8) is 0 Å². The van der Waals surface area contributed by atoms with Crippen molar-refractivity contribution in [3.05, 3.63) is 29.6 Å². The first-order valence-corrected chi connectivity index (χ1v) is 5.13. The quantitative estimate of drug-likeness (QED) is 0.602. The molecular weight excluding hydrogens is 223 g/mol. The summed E-state index contributed by atoms with van der Waals surface area (Å²) in [6.45, 7) is 3.75. The van der Waals surface area contributed by atoms with Crippen LogP contribution in [0, 0.1) is 12.7 Å². The number of guanidine groups is 1. The van der Waals surface area contributed by atoms with Gasteiger partial charge in [-0.25, -0.2) is 9.18 Å². The van der Waals surface area contributed by atoms with E-state index in [4.69, 9.17) is 11.5 Å². The van der Waals surface area contributed by atoms with Gasteiger partial charge in [0.05, 0.1) is 5.69 Å². The molecule has 0 bridgehead atoms. The highest BCUT2D eigenvalue weighted by atomic mass is 19.1. The summed E-state index contributed by atoms with van der Waals surface area (Å²) in [6.07, 6.45) is 0. The van der Waals surface area contributed by atoms with E-state index in [0.29, 0.717) is 0 Å². The van der Waals surface area contributed by atoms with Crippen LogP contribution in [0.15, 0.2) is 23.2 Å². The molecule has 0 unspecified atom stereocenters. The van der Waals surface area contributed by atoms with Gasteiger partial charge in [0, 0.05) is 6.54 Å². The highest BCUT2D eigenvalue weighted by molar-refractivity contribution is 5.99. The van der Waals surface area contributed by atoms with Gasteiger partial charge < -0.3 is 11.5 Å². The minimum atomic E-state index is -0.685. The molecule has 0 aliphatic heterocycles. The van der Waals surface area contributed by atoms with Gasteiger partial charge in [0.25, 0.3) is 0 Å². The van der Waals surface area contributed by atoms with Crippen LogP contribution in [-0.2, 0) is 0 Å². The van der Waals surface area contributed by atoms with Crippen molar-refractivity contribution in [1.29, 1.82) is 0 Å². The summed E-state index contributed by atoms with van der Waals surface area (Å²) < 4.78 is 13.7. The van der Waals surface area contributed by atoms with Crippen LogP contribution in [0.3, 0.4) is 0 Å². The maximum Gasteiger partial charge on any atom is 0.351 e. The van der Waals surface area contributed by atoms with Crippen molar-refractivity contribution in [3.8, 4) is 0 Å². The Hall–Kier alpha value is -2.11. The number of aryl methyl sites for hydroxylation is 1. The predicted molar refractivity (Wildman–Crippen MR) is 65.4 cm³/mol. The topological polar surface area (TPSA) is 84.7 Å². The lowest BCUT2D eigenvalue weighted by atomic mass is 10.2. The molecule has 0 aromatic heterocycles. The average molecular weight is 238 g/mol. The number of halogens is 1. The summed E-state index contributed by atoms with van der Waals surface area (Å²) >= 11 is 0. The molecule has 1 aromatic rings. The summed E-state index contributed by atoms with van der Waals surface area (Å²) in [7, 11) is 0. The Balaban J connectivity index is 3.10. The summed E-state index contributed by atoms with van der Waals surface area (Å²) in [5.74, 6) is -0.827. The molecule has 4 N–H and O–H groups in total. The number of carbonyl (C=O) groups is 1. The van der Waals surface area contributed by atoms with Gasteiger partial charge in [-0.05, 0) is 31.5 Å². The number of hydrogen-bond acceptors (Lipinski definition) is 1. The van der Waals surface area contributed by atoms with E-state index in [1.165, 1.54) is 12.1 Å². The van der Waals surface area contributed by atoms with Gasteiger partial charge in [0.15, 0.2) is 5.96 Å². The van der Waals surface area contributed by atoms with Crippen molar-refractivity contribution >= 4 is 17.7 Å². The van der Waals surface area contributed by atoms with Gasteiger partial charge in [-0.2, -0.15) is 4.99 Å². The second kappa shape index (κ2) is 5.29. The van der Waals surface area contributed by atoms with E-state index in [1.54, 1.807) is 19.9 Å². The SMILES string of the molecule is CCN(C(=O)N=C(N)N)c1ccc(C)cc1F. The molecule has 17 heavy (non-hydrogen) atoms. The van der Waals surface area contributed by atoms with Crippen LogP contribution in [0.25, 0.3) is 0 Å². The van der Waals surface area contributed by atoms with Crippen LogP contribution in [0.4, 0.5) is 14.9 Å². The van der Waals surface area contributed by atoms with Crippen molar-refractivity contribution in [2.24, 2.45) is 16.5 Å². The van der Waals surface area contributed by atoms with E-state index in [0.717, 1.165) is 10.5 Å². The summed E-state index contributed by atoms with van der Waals surface area (Å²) in [4.78, 5) is 16.2. The Labute approximate surface area is 98.9 Å². The van der Waals surface area contributed by atoms with Crippen LogP contribution in [0.1, 0.15) is 12.5 Å². The number of anilines is 1. The smallest absolute Gasteiger partial charge is 0.351 e. The summed E-state index contributed by atoms with van der Waals surface area (Å²) in [6, 6.07) is 3.90. The second-order valence-corrected chi connectivity index (χ2v) is 3.52. The average Bonchev–Trinajstić information content (AvgIpc) is 2.21. The highest BCUT2D eigenvalue weighted by Crippen LogP contribution is 2.20. The molecule has 5 nitrogen and oxygen atoms in total. The molecule has 1 aromatic carbocycles. The zero-order chi connectivity index (χ0) is 13.0. The van der Waals surface area contributed by atoms with E-state index in [2.05, 4.69) is 4.99 Å². The van der Waals surface area contributed by atoms with E-state index in [-0.39, 0.29) is 18.2 Å². The van der Waals surface area contributed by atoms with E-state index in [9.17, 15) is 9.18 Å². The van der Waals surface area contributed by atoms with E-state index in [1.807, 2.05) is 0 Å². The molecule has 0 saturated heterocycles. The van der Waals surface area contributed by atoms with E-state index >= 15 is 0 Å². The van der Waals surface area contributed by atoms with Gasteiger partial charge in [-0.3, -0.25) is 4.90 Å². The Kier molecular flexibility index (Phi) is 4.03. The molecule has 1 rings (SSSR count). The Morgan fingerprint density at radius 1 is 1.47 bits per heavy atom. The fraction of sp³-hybridized carbons (Fsp3) is 0.273. The first-order valence-electron chi connectivity index (χ1n) is 5.13. The van der Waals surface area contributed by atoms with Crippen LogP contribution >= 0.6 is 0 Å². The van der Waals surface area contributed by atoms with Crippen molar-refractivity contribution in [2.45, 2.75) is 13.8 Å². The second-order valence-electron chi connectivity index (χ2n) is 3.52. The first-order chi connectivity index (χ1) is 7.95. The third kappa shape index (κ3) is 3.17. The normalized spacial score (nSPS) is 9.82. The number of rotatable bonds is 2. The Bertz CT molecular complexity index is 455. The monoisotopic (exact) mass is 238 g/mol. The molecule has 92 valence electrons. The maximum atomic E-state index is 13.7. The number of urea groups is 1. The van der Waals surface area contributed by atoms with Gasteiger partial charge in [0.2, 0.25) is 0 Å². The lowest BCUT2D eigenvalue weighted by Gasteiger charge is -2.19. The minimum Gasteiger partial charge on any atom is -0.370 e. The van der Waals surface area contributed by atoms with Crippen molar-refractivity contribution < 1.29 is 9.18 Å². The fourth-order valence-electron chi connectivity index (χ4n) is 1.41. The molecule has 0 spiro atoms. The Morgan fingerprint density at radius 2 is 2.12 bits per heavy atom. The lowest BCUT2D eigenvalue weighted by Crippen LogP contribution is -2.33. The van der Waals surface area contributed by atoms with Crippen LogP contribution < -0.4 is 16.4 Å². The van der Waals surface area contributed by atoms with Crippen LogP contribution in [-0.4, -0.2) is 18.5 Å².